The summed E-state index contributed by atoms with van der Waals surface area (Å²) in [6.45, 7) is 0. The SMILES string of the molecule is O=C1C=C(S(=O)(=O)O)c2ccccc2C1=O. The normalized spacial score (nSPS) is 15.7. The Hall–Kier alpha value is -1.79. The fraction of sp³-hybridized carbons (Fsp3) is 0. The van der Waals surface area contributed by atoms with E-state index in [2.05, 4.69) is 0 Å². The van der Waals surface area contributed by atoms with Crippen LogP contribution in [0.25, 0.3) is 4.91 Å². The molecule has 82 valence electrons. The molecule has 0 amide bonds. The van der Waals surface area contributed by atoms with Crippen LogP contribution in [0.5, 0.6) is 0 Å². The van der Waals surface area contributed by atoms with Gasteiger partial charge in [0.25, 0.3) is 10.1 Å². The van der Waals surface area contributed by atoms with Crippen molar-refractivity contribution >= 4 is 26.6 Å². The van der Waals surface area contributed by atoms with Crippen LogP contribution in [0.1, 0.15) is 15.9 Å². The summed E-state index contributed by atoms with van der Waals surface area (Å²) in [4.78, 5) is 22.1. The first-order valence-corrected chi connectivity index (χ1v) is 5.72. The Morgan fingerprint density at radius 1 is 1.00 bits per heavy atom. The monoisotopic (exact) mass is 238 g/mol. The van der Waals surface area contributed by atoms with E-state index < -0.39 is 26.6 Å². The van der Waals surface area contributed by atoms with E-state index in [0.29, 0.717) is 6.08 Å². The highest BCUT2D eigenvalue weighted by Crippen LogP contribution is 2.28. The smallest absolute Gasteiger partial charge is 0.286 e. The molecular formula is C10H6O5S. The lowest BCUT2D eigenvalue weighted by molar-refractivity contribution is -0.110. The van der Waals surface area contributed by atoms with Gasteiger partial charge in [-0.25, -0.2) is 0 Å². The molecule has 2 rings (SSSR count). The lowest BCUT2D eigenvalue weighted by Crippen LogP contribution is -2.21. The quantitative estimate of drug-likeness (QED) is 0.574. The average Bonchev–Trinajstić information content (AvgIpc) is 2.22. The standard InChI is InChI=1S/C10H6O5S/c11-8-5-9(16(13,14)15)6-3-1-2-4-7(6)10(8)12/h1-5H,(H,13,14,15). The zero-order valence-electron chi connectivity index (χ0n) is 7.88. The maximum atomic E-state index is 11.4. The first-order valence-electron chi connectivity index (χ1n) is 4.28. The molecular weight excluding hydrogens is 232 g/mol. The van der Waals surface area contributed by atoms with E-state index in [1.54, 1.807) is 0 Å². The van der Waals surface area contributed by atoms with Crippen molar-refractivity contribution in [2.75, 3.05) is 0 Å². The van der Waals surface area contributed by atoms with Gasteiger partial charge in [0, 0.05) is 17.2 Å². The van der Waals surface area contributed by atoms with E-state index in [-0.39, 0.29) is 11.1 Å². The zero-order chi connectivity index (χ0) is 11.9. The molecule has 0 aromatic heterocycles. The predicted molar refractivity (Wildman–Crippen MR) is 55.3 cm³/mol. The van der Waals surface area contributed by atoms with Gasteiger partial charge in [0.15, 0.2) is 0 Å². The van der Waals surface area contributed by atoms with E-state index >= 15 is 0 Å². The fourth-order valence-electron chi connectivity index (χ4n) is 1.50. The van der Waals surface area contributed by atoms with Crippen LogP contribution < -0.4 is 0 Å². The molecule has 1 aromatic rings. The summed E-state index contributed by atoms with van der Waals surface area (Å²) in [7, 11) is -4.51. The Morgan fingerprint density at radius 3 is 2.12 bits per heavy atom. The van der Waals surface area contributed by atoms with E-state index in [9.17, 15) is 18.0 Å². The summed E-state index contributed by atoms with van der Waals surface area (Å²) < 4.78 is 31.0. The molecule has 1 aromatic carbocycles. The highest BCUT2D eigenvalue weighted by atomic mass is 32.2. The van der Waals surface area contributed by atoms with E-state index in [4.69, 9.17) is 4.55 Å². The molecule has 0 spiro atoms. The second kappa shape index (κ2) is 3.36. The van der Waals surface area contributed by atoms with Gasteiger partial charge in [-0.3, -0.25) is 14.1 Å². The number of carbonyl (C=O) groups is 2. The molecule has 0 bridgehead atoms. The Kier molecular flexibility index (Phi) is 2.25. The summed E-state index contributed by atoms with van der Waals surface area (Å²) in [6.07, 6.45) is 0.639. The van der Waals surface area contributed by atoms with Gasteiger partial charge < -0.3 is 0 Å². The van der Waals surface area contributed by atoms with Crippen molar-refractivity contribution in [3.05, 3.63) is 41.5 Å². The van der Waals surface area contributed by atoms with Gasteiger partial charge in [-0.15, -0.1) is 0 Å². The number of ketones is 2. The third kappa shape index (κ3) is 1.58. The van der Waals surface area contributed by atoms with Crippen molar-refractivity contribution < 1.29 is 22.6 Å². The minimum absolute atomic E-state index is 0.0115. The number of Topliss-reactive ketones (excluding diaryl/α,β-unsaturated/α-hetero) is 1. The predicted octanol–water partition coefficient (Wildman–Crippen LogP) is 0.681. The Balaban J connectivity index is 2.80. The van der Waals surface area contributed by atoms with Crippen molar-refractivity contribution in [1.82, 2.24) is 0 Å². The van der Waals surface area contributed by atoms with Gasteiger partial charge >= 0.3 is 0 Å². The van der Waals surface area contributed by atoms with Crippen LogP contribution >= 0.6 is 0 Å². The van der Waals surface area contributed by atoms with Gasteiger partial charge in [-0.1, -0.05) is 24.3 Å². The highest BCUT2D eigenvalue weighted by Gasteiger charge is 2.30. The van der Waals surface area contributed by atoms with Gasteiger partial charge in [0.05, 0.1) is 0 Å². The largest absolute Gasteiger partial charge is 0.295 e. The topological polar surface area (TPSA) is 88.5 Å². The molecule has 1 aliphatic rings. The second-order valence-electron chi connectivity index (χ2n) is 3.22. The lowest BCUT2D eigenvalue weighted by Gasteiger charge is -2.13. The molecule has 1 N–H and O–H groups in total. The number of hydrogen-bond donors (Lipinski definition) is 1. The van der Waals surface area contributed by atoms with Gasteiger partial charge in [-0.2, -0.15) is 8.42 Å². The summed E-state index contributed by atoms with van der Waals surface area (Å²) in [5.41, 5.74) is 0.0391. The zero-order valence-corrected chi connectivity index (χ0v) is 8.69. The number of allylic oxidation sites excluding steroid dienone is 1. The fourth-order valence-corrected chi connectivity index (χ4v) is 2.22. The Labute approximate surface area is 91.1 Å². The van der Waals surface area contributed by atoms with Crippen LogP contribution in [-0.4, -0.2) is 24.5 Å². The van der Waals surface area contributed by atoms with Crippen molar-refractivity contribution in [1.29, 1.82) is 0 Å². The molecule has 0 saturated heterocycles. The van der Waals surface area contributed by atoms with Crippen molar-refractivity contribution in [3.8, 4) is 0 Å². The molecule has 5 nitrogen and oxygen atoms in total. The molecule has 6 heteroatoms. The highest BCUT2D eigenvalue weighted by molar-refractivity contribution is 7.95. The minimum Gasteiger partial charge on any atom is -0.286 e. The molecule has 1 aliphatic carbocycles. The van der Waals surface area contributed by atoms with Crippen LogP contribution in [0, 0.1) is 0 Å². The molecule has 0 unspecified atom stereocenters. The molecule has 16 heavy (non-hydrogen) atoms. The second-order valence-corrected chi connectivity index (χ2v) is 4.61. The molecule has 0 saturated carbocycles. The molecule has 0 heterocycles. The van der Waals surface area contributed by atoms with Crippen LogP contribution in [-0.2, 0) is 14.9 Å². The number of hydrogen-bond acceptors (Lipinski definition) is 4. The van der Waals surface area contributed by atoms with Crippen molar-refractivity contribution in [3.63, 3.8) is 0 Å². The maximum Gasteiger partial charge on any atom is 0.295 e. The van der Waals surface area contributed by atoms with Crippen LogP contribution in [0.4, 0.5) is 0 Å². The number of fused-ring (bicyclic) bond motifs is 1. The third-order valence-electron chi connectivity index (χ3n) is 2.20. The van der Waals surface area contributed by atoms with Gasteiger partial charge in [0.2, 0.25) is 11.6 Å². The first-order chi connectivity index (χ1) is 7.41. The van der Waals surface area contributed by atoms with Crippen LogP contribution in [0.3, 0.4) is 0 Å². The van der Waals surface area contributed by atoms with Crippen LogP contribution in [0.2, 0.25) is 0 Å². The summed E-state index contributed by atoms with van der Waals surface area (Å²) in [5, 5.41) is 0. The Morgan fingerprint density at radius 2 is 1.56 bits per heavy atom. The summed E-state index contributed by atoms with van der Waals surface area (Å²) in [6, 6.07) is 5.73. The number of carbonyl (C=O) groups excluding carboxylic acids is 2. The van der Waals surface area contributed by atoms with Gasteiger partial charge in [0.1, 0.15) is 4.91 Å². The molecule has 0 fully saturated rings. The summed E-state index contributed by atoms with van der Waals surface area (Å²) >= 11 is 0. The lowest BCUT2D eigenvalue weighted by atomic mass is 9.95. The summed E-state index contributed by atoms with van der Waals surface area (Å²) in [5.74, 6) is -1.73. The van der Waals surface area contributed by atoms with E-state index in [1.165, 1.54) is 24.3 Å². The maximum absolute atomic E-state index is 11.4. The molecule has 0 aliphatic heterocycles. The third-order valence-corrected chi connectivity index (χ3v) is 3.09. The van der Waals surface area contributed by atoms with Crippen LogP contribution in [0.15, 0.2) is 30.3 Å². The van der Waals surface area contributed by atoms with E-state index in [1.807, 2.05) is 0 Å². The molecule has 0 atom stereocenters. The minimum atomic E-state index is -4.51. The van der Waals surface area contributed by atoms with Gasteiger partial charge in [-0.05, 0) is 0 Å². The first kappa shape index (κ1) is 10.7. The van der Waals surface area contributed by atoms with E-state index in [0.717, 1.165) is 0 Å². The Bertz CT molecular complexity index is 624. The molecule has 0 radical (unpaired) electrons. The number of benzene rings is 1. The van der Waals surface area contributed by atoms with Crippen molar-refractivity contribution in [2.24, 2.45) is 0 Å². The number of rotatable bonds is 1. The average molecular weight is 238 g/mol. The van der Waals surface area contributed by atoms with Crippen molar-refractivity contribution in [2.45, 2.75) is 0 Å².